The van der Waals surface area contributed by atoms with Gasteiger partial charge in [-0.25, -0.2) is 9.97 Å². The van der Waals surface area contributed by atoms with E-state index in [1.165, 1.54) is 31.2 Å². The molecule has 1 saturated heterocycles. The maximum absolute atomic E-state index is 12.5. The van der Waals surface area contributed by atoms with E-state index in [0.29, 0.717) is 18.3 Å². The number of carbonyl (C=O) groups is 1. The minimum atomic E-state index is -0.0389. The highest BCUT2D eigenvalue weighted by Crippen LogP contribution is 2.39. The van der Waals surface area contributed by atoms with Gasteiger partial charge in [0.05, 0.1) is 0 Å². The number of hydrogen-bond donors (Lipinski definition) is 1. The molecule has 3 heterocycles. The Morgan fingerprint density at radius 1 is 1.11 bits per heavy atom. The molecule has 5 nitrogen and oxygen atoms in total. The molecule has 1 saturated carbocycles. The SMILES string of the molecule is O=C1NCCc2c1nc(CCc1ccccc1)nc2N1C[C@@H]2CCC[C@H]1C2. The first-order chi connectivity index (χ1) is 13.3. The molecule has 0 unspecified atom stereocenters. The second-order valence-corrected chi connectivity index (χ2v) is 8.12. The molecule has 5 heteroatoms. The third-order valence-corrected chi connectivity index (χ3v) is 6.31. The van der Waals surface area contributed by atoms with E-state index in [-0.39, 0.29) is 5.91 Å². The van der Waals surface area contributed by atoms with Gasteiger partial charge in [0.1, 0.15) is 17.3 Å². The lowest BCUT2D eigenvalue weighted by Gasteiger charge is -2.29. The standard InChI is InChI=1S/C22H26N4O/c27-22-20-18(11-12-23-22)21(26-14-16-7-4-8-17(26)13-16)25-19(24-20)10-9-15-5-2-1-3-6-15/h1-3,5-6,16-17H,4,7-14H2,(H,23,27)/t16-,17+/m1/s1. The summed E-state index contributed by atoms with van der Waals surface area (Å²) in [4.78, 5) is 24.7. The Balaban J connectivity index is 1.49. The van der Waals surface area contributed by atoms with Crippen molar-refractivity contribution in [3.05, 3.63) is 53.0 Å². The van der Waals surface area contributed by atoms with E-state index in [4.69, 9.17) is 4.98 Å². The van der Waals surface area contributed by atoms with Crippen LogP contribution in [-0.2, 0) is 19.3 Å². The van der Waals surface area contributed by atoms with Gasteiger partial charge in [0.25, 0.3) is 5.91 Å². The Morgan fingerprint density at radius 3 is 2.85 bits per heavy atom. The maximum Gasteiger partial charge on any atom is 0.270 e. The van der Waals surface area contributed by atoms with Crippen LogP contribution in [0.25, 0.3) is 0 Å². The van der Waals surface area contributed by atoms with Crippen LogP contribution in [0.4, 0.5) is 5.82 Å². The number of nitrogens with zero attached hydrogens (tertiary/aromatic N) is 3. The lowest BCUT2D eigenvalue weighted by Crippen LogP contribution is -2.37. The molecule has 1 aromatic heterocycles. The number of benzene rings is 1. The summed E-state index contributed by atoms with van der Waals surface area (Å²) in [5, 5.41) is 2.96. The monoisotopic (exact) mass is 362 g/mol. The molecule has 140 valence electrons. The number of nitrogens with one attached hydrogen (secondary N) is 1. The number of carbonyl (C=O) groups excluding carboxylic acids is 1. The molecule has 2 atom stereocenters. The van der Waals surface area contributed by atoms with Gasteiger partial charge in [-0.1, -0.05) is 36.8 Å². The van der Waals surface area contributed by atoms with Crippen molar-refractivity contribution in [2.45, 2.75) is 51.0 Å². The van der Waals surface area contributed by atoms with Gasteiger partial charge in [0.15, 0.2) is 0 Å². The Morgan fingerprint density at radius 2 is 2.00 bits per heavy atom. The largest absolute Gasteiger partial charge is 0.353 e. The molecule has 0 radical (unpaired) electrons. The van der Waals surface area contributed by atoms with Gasteiger partial charge >= 0.3 is 0 Å². The number of fused-ring (bicyclic) bond motifs is 3. The van der Waals surface area contributed by atoms with Crippen molar-refractivity contribution in [2.24, 2.45) is 5.92 Å². The zero-order valence-electron chi connectivity index (χ0n) is 15.7. The van der Waals surface area contributed by atoms with Crippen LogP contribution in [0.3, 0.4) is 0 Å². The Bertz CT molecular complexity index is 851. The molecule has 2 aliphatic heterocycles. The molecule has 2 aromatic rings. The predicted molar refractivity (Wildman–Crippen MR) is 105 cm³/mol. The van der Waals surface area contributed by atoms with Crippen molar-refractivity contribution in [2.75, 3.05) is 18.0 Å². The number of aromatic nitrogens is 2. The summed E-state index contributed by atoms with van der Waals surface area (Å²) in [6, 6.07) is 11.0. The lowest BCUT2D eigenvalue weighted by molar-refractivity contribution is 0.0940. The summed E-state index contributed by atoms with van der Waals surface area (Å²) < 4.78 is 0. The first-order valence-corrected chi connectivity index (χ1v) is 10.3. The molecule has 5 rings (SSSR count). The zero-order chi connectivity index (χ0) is 18.2. The Kier molecular flexibility index (Phi) is 4.30. The highest BCUT2D eigenvalue weighted by molar-refractivity contribution is 5.96. The predicted octanol–water partition coefficient (Wildman–Crippen LogP) is 2.93. The average molecular weight is 362 g/mol. The van der Waals surface area contributed by atoms with E-state index in [2.05, 4.69) is 39.5 Å². The van der Waals surface area contributed by atoms with Crippen molar-refractivity contribution < 1.29 is 4.79 Å². The molecule has 27 heavy (non-hydrogen) atoms. The summed E-state index contributed by atoms with van der Waals surface area (Å²) in [5.41, 5.74) is 2.95. The molecule has 1 amide bonds. The number of anilines is 1. The highest BCUT2D eigenvalue weighted by Gasteiger charge is 2.38. The van der Waals surface area contributed by atoms with E-state index < -0.39 is 0 Å². The molecular formula is C22H26N4O. The highest BCUT2D eigenvalue weighted by atomic mass is 16.1. The molecule has 2 fully saturated rings. The van der Waals surface area contributed by atoms with E-state index in [0.717, 1.165) is 48.9 Å². The minimum absolute atomic E-state index is 0.0389. The molecule has 3 aliphatic rings. The fourth-order valence-corrected chi connectivity index (χ4v) is 4.97. The Hall–Kier alpha value is -2.43. The number of amides is 1. The molecule has 1 aliphatic carbocycles. The lowest BCUT2D eigenvalue weighted by atomic mass is 9.90. The van der Waals surface area contributed by atoms with Gasteiger partial charge in [-0.05, 0) is 43.6 Å². The van der Waals surface area contributed by atoms with Gasteiger partial charge in [-0.2, -0.15) is 0 Å². The summed E-state index contributed by atoms with van der Waals surface area (Å²) in [6.07, 6.45) is 7.68. The third kappa shape index (κ3) is 3.20. The van der Waals surface area contributed by atoms with E-state index in [9.17, 15) is 4.79 Å². The minimum Gasteiger partial charge on any atom is -0.353 e. The zero-order valence-corrected chi connectivity index (χ0v) is 15.7. The van der Waals surface area contributed by atoms with Crippen LogP contribution in [0, 0.1) is 5.92 Å². The van der Waals surface area contributed by atoms with Crippen LogP contribution >= 0.6 is 0 Å². The van der Waals surface area contributed by atoms with Crippen LogP contribution in [0.1, 0.15) is 53.1 Å². The number of rotatable bonds is 4. The number of aryl methyl sites for hydroxylation is 2. The molecule has 0 spiro atoms. The van der Waals surface area contributed by atoms with Crippen molar-refractivity contribution in [1.82, 2.24) is 15.3 Å². The fraction of sp³-hybridized carbons (Fsp3) is 0.500. The summed E-state index contributed by atoms with van der Waals surface area (Å²) in [6.45, 7) is 1.78. The van der Waals surface area contributed by atoms with Gasteiger partial charge in [0.2, 0.25) is 0 Å². The van der Waals surface area contributed by atoms with E-state index >= 15 is 0 Å². The molecule has 2 bridgehead atoms. The van der Waals surface area contributed by atoms with E-state index in [1.807, 2.05) is 6.07 Å². The van der Waals surface area contributed by atoms with Crippen molar-refractivity contribution in [3.8, 4) is 0 Å². The smallest absolute Gasteiger partial charge is 0.270 e. The van der Waals surface area contributed by atoms with Crippen LogP contribution in [0.2, 0.25) is 0 Å². The third-order valence-electron chi connectivity index (χ3n) is 6.31. The van der Waals surface area contributed by atoms with Gasteiger partial charge in [-0.3, -0.25) is 4.79 Å². The van der Waals surface area contributed by atoms with Gasteiger partial charge < -0.3 is 10.2 Å². The van der Waals surface area contributed by atoms with Crippen LogP contribution in [-0.4, -0.2) is 35.0 Å². The van der Waals surface area contributed by atoms with Gasteiger partial charge in [0, 0.05) is 31.1 Å². The normalized spacial score (nSPS) is 23.9. The summed E-state index contributed by atoms with van der Waals surface area (Å²) in [7, 11) is 0. The molecular weight excluding hydrogens is 336 g/mol. The first-order valence-electron chi connectivity index (χ1n) is 10.3. The first kappa shape index (κ1) is 16.7. The van der Waals surface area contributed by atoms with Crippen molar-refractivity contribution in [3.63, 3.8) is 0 Å². The van der Waals surface area contributed by atoms with Crippen LogP contribution in [0.5, 0.6) is 0 Å². The van der Waals surface area contributed by atoms with Crippen LogP contribution in [0.15, 0.2) is 30.3 Å². The molecule has 1 aromatic carbocycles. The second-order valence-electron chi connectivity index (χ2n) is 8.12. The fourth-order valence-electron chi connectivity index (χ4n) is 4.97. The summed E-state index contributed by atoms with van der Waals surface area (Å²) >= 11 is 0. The van der Waals surface area contributed by atoms with Crippen molar-refractivity contribution >= 4 is 11.7 Å². The number of hydrogen-bond acceptors (Lipinski definition) is 4. The second kappa shape index (κ2) is 6.95. The van der Waals surface area contributed by atoms with Gasteiger partial charge in [-0.15, -0.1) is 0 Å². The topological polar surface area (TPSA) is 58.1 Å². The maximum atomic E-state index is 12.5. The molecule has 1 N–H and O–H groups in total. The Labute approximate surface area is 160 Å². The average Bonchev–Trinajstić information content (AvgIpc) is 3.00. The van der Waals surface area contributed by atoms with Crippen molar-refractivity contribution in [1.29, 1.82) is 0 Å². The summed E-state index contributed by atoms with van der Waals surface area (Å²) in [5.74, 6) is 2.60. The van der Waals surface area contributed by atoms with Crippen LogP contribution < -0.4 is 10.2 Å². The van der Waals surface area contributed by atoms with E-state index in [1.54, 1.807) is 0 Å². The quantitative estimate of drug-likeness (QED) is 0.909.